The van der Waals surface area contributed by atoms with Crippen molar-refractivity contribution >= 4 is 22.4 Å². The molecule has 8 heteroatoms. The Kier molecular flexibility index (Phi) is 4.71. The van der Waals surface area contributed by atoms with E-state index in [1.165, 1.54) is 0 Å². The molecule has 1 rings (SSSR count). The second-order valence-corrected chi connectivity index (χ2v) is 5.21. The van der Waals surface area contributed by atoms with Crippen molar-refractivity contribution in [3.05, 3.63) is 29.0 Å². The van der Waals surface area contributed by atoms with Crippen LogP contribution >= 0.6 is 11.6 Å². The summed E-state index contributed by atoms with van der Waals surface area (Å²) in [5.74, 6) is -3.99. The van der Waals surface area contributed by atoms with Gasteiger partial charge in [0.2, 0.25) is 0 Å². The van der Waals surface area contributed by atoms with Gasteiger partial charge in [0, 0.05) is 4.90 Å². The highest BCUT2D eigenvalue weighted by molar-refractivity contribution is 7.85. The van der Waals surface area contributed by atoms with Crippen molar-refractivity contribution in [1.82, 2.24) is 0 Å². The molecule has 0 radical (unpaired) electrons. The highest BCUT2D eigenvalue weighted by atomic mass is 35.5. The van der Waals surface area contributed by atoms with Crippen LogP contribution in [0, 0.1) is 23.1 Å². The van der Waals surface area contributed by atoms with Gasteiger partial charge in [0.25, 0.3) is 0 Å². The van der Waals surface area contributed by atoms with Gasteiger partial charge in [-0.3, -0.25) is 4.21 Å². The molecule has 0 saturated carbocycles. The Morgan fingerprint density at radius 1 is 1.44 bits per heavy atom. The van der Waals surface area contributed by atoms with Gasteiger partial charge in [-0.05, 0) is 18.2 Å². The van der Waals surface area contributed by atoms with Gasteiger partial charge >= 0.3 is 6.18 Å². The molecule has 0 bridgehead atoms. The van der Waals surface area contributed by atoms with Crippen LogP contribution in [0.5, 0.6) is 0 Å². The summed E-state index contributed by atoms with van der Waals surface area (Å²) < 4.78 is 61.3. The van der Waals surface area contributed by atoms with Crippen molar-refractivity contribution in [3.63, 3.8) is 0 Å². The maximum absolute atomic E-state index is 12.8. The van der Waals surface area contributed by atoms with Crippen LogP contribution in [0.15, 0.2) is 23.1 Å². The molecule has 1 aromatic rings. The first-order valence-corrected chi connectivity index (χ1v) is 6.25. The molecular formula is C10H6ClF4NOS. The van der Waals surface area contributed by atoms with Crippen LogP contribution < -0.4 is 0 Å². The number of benzene rings is 1. The summed E-state index contributed by atoms with van der Waals surface area (Å²) in [5, 5.41) is 8.03. The number of hydrogen-bond acceptors (Lipinski definition) is 2. The zero-order valence-electron chi connectivity index (χ0n) is 8.67. The molecule has 0 N–H and O–H groups in total. The van der Waals surface area contributed by atoms with Gasteiger partial charge in [-0.15, -0.1) is 0 Å². The normalized spacial score (nSPS) is 14.9. The fraction of sp³-hybridized carbons (Fsp3) is 0.300. The summed E-state index contributed by atoms with van der Waals surface area (Å²) in [6.45, 7) is 0. The van der Waals surface area contributed by atoms with Gasteiger partial charge < -0.3 is 0 Å². The van der Waals surface area contributed by atoms with Crippen molar-refractivity contribution in [2.75, 3.05) is 5.75 Å². The summed E-state index contributed by atoms with van der Waals surface area (Å²) >= 11 is 5.42. The Morgan fingerprint density at radius 3 is 2.50 bits per heavy atom. The summed E-state index contributed by atoms with van der Waals surface area (Å²) in [4.78, 5) is -0.0501. The molecule has 2 atom stereocenters. The van der Waals surface area contributed by atoms with Crippen LogP contribution in [0.4, 0.5) is 17.6 Å². The standard InChI is InChI=1S/C10H6ClF4NOS/c11-8-3-7(1-2-9(8)12)18(17)5-6(4-16)10(13,14)15/h1-3,6H,5H2. The SMILES string of the molecule is N#CC(CS(=O)c1ccc(F)c(Cl)c1)C(F)(F)F. The predicted octanol–water partition coefficient (Wildman–Crippen LogP) is 3.29. The molecule has 98 valence electrons. The van der Waals surface area contributed by atoms with Gasteiger partial charge in [0.1, 0.15) is 5.82 Å². The van der Waals surface area contributed by atoms with Gasteiger partial charge in [-0.25, -0.2) is 4.39 Å². The zero-order valence-corrected chi connectivity index (χ0v) is 10.2. The molecule has 0 aliphatic carbocycles. The van der Waals surface area contributed by atoms with Gasteiger partial charge in [-0.1, -0.05) is 11.6 Å². The lowest BCUT2D eigenvalue weighted by atomic mass is 10.2. The molecule has 0 aliphatic heterocycles. The smallest absolute Gasteiger partial charge is 0.254 e. The fourth-order valence-corrected chi connectivity index (χ4v) is 2.54. The monoisotopic (exact) mass is 299 g/mol. The third kappa shape index (κ3) is 3.68. The molecule has 0 saturated heterocycles. The third-order valence-electron chi connectivity index (χ3n) is 2.02. The Bertz CT molecular complexity index is 512. The van der Waals surface area contributed by atoms with E-state index in [2.05, 4.69) is 0 Å². The van der Waals surface area contributed by atoms with E-state index in [1.807, 2.05) is 0 Å². The highest BCUT2D eigenvalue weighted by Crippen LogP contribution is 2.28. The van der Waals surface area contributed by atoms with Crippen molar-refractivity contribution < 1.29 is 21.8 Å². The summed E-state index contributed by atoms with van der Waals surface area (Å²) in [5.41, 5.74) is 0. The first-order valence-electron chi connectivity index (χ1n) is 4.55. The minimum Gasteiger partial charge on any atom is -0.254 e. The lowest BCUT2D eigenvalue weighted by molar-refractivity contribution is -0.153. The Labute approximate surface area is 108 Å². The quantitative estimate of drug-likeness (QED) is 0.804. The first-order chi connectivity index (χ1) is 8.25. The van der Waals surface area contributed by atoms with Gasteiger partial charge in [0.15, 0.2) is 5.92 Å². The van der Waals surface area contributed by atoms with Gasteiger partial charge in [-0.2, -0.15) is 18.4 Å². The van der Waals surface area contributed by atoms with Crippen LogP contribution in [-0.4, -0.2) is 16.1 Å². The molecule has 1 aromatic carbocycles. The second kappa shape index (κ2) is 5.67. The largest absolute Gasteiger partial charge is 0.405 e. The molecule has 0 amide bonds. The lowest BCUT2D eigenvalue weighted by Crippen LogP contribution is -2.26. The van der Waals surface area contributed by atoms with E-state index in [9.17, 15) is 21.8 Å². The Hall–Kier alpha value is -1.13. The zero-order chi connectivity index (χ0) is 13.9. The molecule has 0 spiro atoms. The minimum absolute atomic E-state index is 0.0501. The number of halogens is 5. The average Bonchev–Trinajstić information content (AvgIpc) is 2.27. The topological polar surface area (TPSA) is 40.9 Å². The summed E-state index contributed by atoms with van der Waals surface area (Å²) in [6, 6.07) is 4.01. The second-order valence-electron chi connectivity index (χ2n) is 3.31. The van der Waals surface area contributed by atoms with Crippen molar-refractivity contribution in [1.29, 1.82) is 5.26 Å². The number of hydrogen-bond donors (Lipinski definition) is 0. The lowest BCUT2D eigenvalue weighted by Gasteiger charge is -2.12. The van der Waals surface area contributed by atoms with E-state index in [-0.39, 0.29) is 9.92 Å². The predicted molar refractivity (Wildman–Crippen MR) is 57.8 cm³/mol. The van der Waals surface area contributed by atoms with E-state index in [0.717, 1.165) is 24.3 Å². The Balaban J connectivity index is 2.89. The van der Waals surface area contributed by atoms with E-state index in [4.69, 9.17) is 16.9 Å². The van der Waals surface area contributed by atoms with Crippen molar-refractivity contribution in [2.24, 2.45) is 5.92 Å². The fourth-order valence-electron chi connectivity index (χ4n) is 1.07. The van der Waals surface area contributed by atoms with Crippen LogP contribution in [0.3, 0.4) is 0 Å². The Morgan fingerprint density at radius 2 is 2.06 bits per heavy atom. The average molecular weight is 300 g/mol. The molecule has 0 heterocycles. The molecule has 18 heavy (non-hydrogen) atoms. The number of alkyl halides is 3. The molecule has 0 aliphatic rings. The van der Waals surface area contributed by atoms with Crippen LogP contribution in [-0.2, 0) is 10.8 Å². The van der Waals surface area contributed by atoms with Crippen LogP contribution in [0.2, 0.25) is 5.02 Å². The maximum atomic E-state index is 12.8. The number of nitrogens with zero attached hydrogens (tertiary/aromatic N) is 1. The van der Waals surface area contributed by atoms with Crippen LogP contribution in [0.25, 0.3) is 0 Å². The van der Waals surface area contributed by atoms with Crippen molar-refractivity contribution in [2.45, 2.75) is 11.1 Å². The van der Waals surface area contributed by atoms with Crippen molar-refractivity contribution in [3.8, 4) is 6.07 Å². The molecule has 0 fully saturated rings. The highest BCUT2D eigenvalue weighted by Gasteiger charge is 2.41. The molecule has 2 nitrogen and oxygen atoms in total. The summed E-state index contributed by atoms with van der Waals surface area (Å²) in [6.07, 6.45) is -4.74. The summed E-state index contributed by atoms with van der Waals surface area (Å²) in [7, 11) is -2.07. The van der Waals surface area contributed by atoms with E-state index in [1.54, 1.807) is 0 Å². The number of rotatable bonds is 3. The molecule has 2 unspecified atom stereocenters. The molecular weight excluding hydrogens is 294 g/mol. The van der Waals surface area contributed by atoms with Crippen LogP contribution in [0.1, 0.15) is 0 Å². The third-order valence-corrected chi connectivity index (χ3v) is 3.73. The van der Waals surface area contributed by atoms with E-state index >= 15 is 0 Å². The van der Waals surface area contributed by atoms with Gasteiger partial charge in [0.05, 0.1) is 27.6 Å². The number of nitriles is 1. The molecule has 0 aromatic heterocycles. The minimum atomic E-state index is -4.74. The van der Waals surface area contributed by atoms with E-state index in [0.29, 0.717) is 0 Å². The van der Waals surface area contributed by atoms with E-state index < -0.39 is 34.5 Å². The maximum Gasteiger partial charge on any atom is 0.405 e. The first kappa shape index (κ1) is 14.9.